The number of hydrogen-bond donors (Lipinski definition) is 2. The van der Waals surface area contributed by atoms with Crippen LogP contribution >= 0.6 is 11.5 Å². The number of carbonyl (C=O) groups is 2. The topological polar surface area (TPSA) is 88.3 Å². The Hall–Kier alpha value is -1.63. The van der Waals surface area contributed by atoms with Crippen LogP contribution in [0.1, 0.15) is 23.0 Å². The van der Waals surface area contributed by atoms with Gasteiger partial charge in [-0.2, -0.15) is 0 Å². The van der Waals surface area contributed by atoms with E-state index < -0.39 is 0 Å². The lowest BCUT2D eigenvalue weighted by Gasteiger charge is -2.02. The summed E-state index contributed by atoms with van der Waals surface area (Å²) in [5.74, 6) is -0.724. The first-order chi connectivity index (χ1) is 7.63. The van der Waals surface area contributed by atoms with Gasteiger partial charge in [-0.25, -0.2) is 0 Å². The fourth-order valence-corrected chi connectivity index (χ4v) is 1.59. The molecule has 1 aromatic rings. The summed E-state index contributed by atoms with van der Waals surface area (Å²) in [6, 6.07) is 1.21. The number of amides is 1. The Morgan fingerprint density at radius 1 is 1.56 bits per heavy atom. The molecule has 0 bridgehead atoms. The van der Waals surface area contributed by atoms with E-state index in [-0.39, 0.29) is 30.4 Å². The third kappa shape index (κ3) is 3.85. The number of aromatic amines is 1. The van der Waals surface area contributed by atoms with Crippen LogP contribution in [0.15, 0.2) is 10.9 Å². The minimum Gasteiger partial charge on any atom is -0.466 e. The molecule has 0 unspecified atom stereocenters. The molecule has 1 aromatic heterocycles. The molecule has 0 saturated carbocycles. The molecule has 0 aliphatic carbocycles. The van der Waals surface area contributed by atoms with E-state index >= 15 is 0 Å². The van der Waals surface area contributed by atoms with E-state index in [1.165, 1.54) is 6.07 Å². The first-order valence-electron chi connectivity index (χ1n) is 4.75. The summed E-state index contributed by atoms with van der Waals surface area (Å²) in [4.78, 5) is 33.4. The Balaban J connectivity index is 2.31. The second kappa shape index (κ2) is 6.06. The molecule has 0 aliphatic rings. The largest absolute Gasteiger partial charge is 0.466 e. The maximum atomic E-state index is 11.4. The predicted octanol–water partition coefficient (Wildman–Crippen LogP) is 0.119. The van der Waals surface area contributed by atoms with Crippen molar-refractivity contribution in [2.45, 2.75) is 13.3 Å². The van der Waals surface area contributed by atoms with Gasteiger partial charge in [-0.1, -0.05) is 11.5 Å². The van der Waals surface area contributed by atoms with Gasteiger partial charge in [-0.3, -0.25) is 18.8 Å². The van der Waals surface area contributed by atoms with Gasteiger partial charge in [0.05, 0.1) is 13.0 Å². The summed E-state index contributed by atoms with van der Waals surface area (Å²) in [6.45, 7) is 2.24. The molecule has 0 saturated heterocycles. The Bertz CT molecular complexity index is 423. The first kappa shape index (κ1) is 12.4. The Morgan fingerprint density at radius 3 is 2.88 bits per heavy atom. The van der Waals surface area contributed by atoms with Crippen molar-refractivity contribution in [3.8, 4) is 0 Å². The van der Waals surface area contributed by atoms with Gasteiger partial charge in [0.2, 0.25) is 0 Å². The second-order valence-corrected chi connectivity index (χ2v) is 3.74. The minimum atomic E-state index is -0.368. The van der Waals surface area contributed by atoms with Gasteiger partial charge in [0.25, 0.3) is 11.5 Å². The van der Waals surface area contributed by atoms with Gasteiger partial charge in [0.15, 0.2) is 0 Å². The van der Waals surface area contributed by atoms with E-state index in [0.717, 1.165) is 11.5 Å². The molecular formula is C9H12N2O4S. The third-order valence-corrected chi connectivity index (χ3v) is 2.49. The molecule has 0 fully saturated rings. The van der Waals surface area contributed by atoms with E-state index in [1.54, 1.807) is 6.92 Å². The summed E-state index contributed by atoms with van der Waals surface area (Å²) in [7, 11) is 0. The van der Waals surface area contributed by atoms with Crippen LogP contribution in [0.2, 0.25) is 0 Å². The van der Waals surface area contributed by atoms with E-state index in [4.69, 9.17) is 0 Å². The normalized spacial score (nSPS) is 9.81. The number of rotatable bonds is 5. The summed E-state index contributed by atoms with van der Waals surface area (Å²) < 4.78 is 7.09. The number of ether oxygens (including phenoxy) is 1. The van der Waals surface area contributed by atoms with E-state index in [1.807, 2.05) is 0 Å². The van der Waals surface area contributed by atoms with Crippen molar-refractivity contribution in [2.75, 3.05) is 13.2 Å². The quantitative estimate of drug-likeness (QED) is 0.720. The molecule has 1 heterocycles. The first-order valence-corrected chi connectivity index (χ1v) is 5.57. The van der Waals surface area contributed by atoms with E-state index in [9.17, 15) is 14.4 Å². The molecule has 0 radical (unpaired) electrons. The van der Waals surface area contributed by atoms with Crippen LogP contribution in [-0.4, -0.2) is 29.4 Å². The van der Waals surface area contributed by atoms with Gasteiger partial charge in [-0.05, 0) is 6.92 Å². The maximum Gasteiger partial charge on any atom is 0.307 e. The van der Waals surface area contributed by atoms with Crippen LogP contribution in [-0.2, 0) is 9.53 Å². The van der Waals surface area contributed by atoms with E-state index in [2.05, 4.69) is 14.4 Å². The zero-order valence-corrected chi connectivity index (χ0v) is 9.56. The van der Waals surface area contributed by atoms with Gasteiger partial charge in [0.1, 0.15) is 4.88 Å². The number of nitrogens with one attached hydrogen (secondary N) is 2. The molecule has 0 aliphatic heterocycles. The van der Waals surface area contributed by atoms with Crippen molar-refractivity contribution >= 4 is 23.4 Å². The molecule has 2 N–H and O–H groups in total. The van der Waals surface area contributed by atoms with Gasteiger partial charge < -0.3 is 10.1 Å². The summed E-state index contributed by atoms with van der Waals surface area (Å²) in [5.41, 5.74) is -0.305. The SMILES string of the molecule is CCOC(=O)CCNC(=O)c1cc(=O)[nH]s1. The van der Waals surface area contributed by atoms with Crippen LogP contribution in [0, 0.1) is 0 Å². The van der Waals surface area contributed by atoms with Gasteiger partial charge in [-0.15, -0.1) is 0 Å². The Kier molecular flexibility index (Phi) is 4.71. The van der Waals surface area contributed by atoms with Crippen molar-refractivity contribution in [2.24, 2.45) is 0 Å². The van der Waals surface area contributed by atoms with Crippen molar-refractivity contribution in [1.82, 2.24) is 9.69 Å². The number of hydrogen-bond acceptors (Lipinski definition) is 5. The zero-order valence-electron chi connectivity index (χ0n) is 8.74. The second-order valence-electron chi connectivity index (χ2n) is 2.89. The summed E-state index contributed by atoms with van der Waals surface area (Å²) in [6.07, 6.45) is 0.124. The molecule has 6 nitrogen and oxygen atoms in total. The van der Waals surface area contributed by atoms with Crippen molar-refractivity contribution in [3.05, 3.63) is 21.3 Å². The predicted molar refractivity (Wildman–Crippen MR) is 58.5 cm³/mol. The number of aromatic nitrogens is 1. The number of H-pyrrole nitrogens is 1. The highest BCUT2D eigenvalue weighted by Gasteiger charge is 2.09. The Labute approximate surface area is 95.8 Å². The molecule has 1 rings (SSSR count). The number of carbonyl (C=O) groups excluding carboxylic acids is 2. The van der Waals surface area contributed by atoms with Crippen LogP contribution in [0.4, 0.5) is 0 Å². The smallest absolute Gasteiger partial charge is 0.307 e. The monoisotopic (exact) mass is 244 g/mol. The highest BCUT2D eigenvalue weighted by molar-refractivity contribution is 7.08. The van der Waals surface area contributed by atoms with Gasteiger partial charge in [0, 0.05) is 12.6 Å². The molecule has 1 amide bonds. The lowest BCUT2D eigenvalue weighted by Crippen LogP contribution is -2.26. The van der Waals surface area contributed by atoms with Crippen molar-refractivity contribution in [3.63, 3.8) is 0 Å². The highest BCUT2D eigenvalue weighted by atomic mass is 32.1. The Morgan fingerprint density at radius 2 is 2.31 bits per heavy atom. The lowest BCUT2D eigenvalue weighted by molar-refractivity contribution is -0.142. The highest BCUT2D eigenvalue weighted by Crippen LogP contribution is 1.99. The minimum absolute atomic E-state index is 0.124. The van der Waals surface area contributed by atoms with Crippen molar-refractivity contribution < 1.29 is 14.3 Å². The molecule has 0 atom stereocenters. The third-order valence-electron chi connectivity index (χ3n) is 1.67. The standard InChI is InChI=1S/C9H12N2O4S/c1-2-15-8(13)3-4-10-9(14)6-5-7(12)11-16-6/h5H,2-4H2,1H3,(H,10,14)(H,11,12). The van der Waals surface area contributed by atoms with Crippen LogP contribution in [0.3, 0.4) is 0 Å². The van der Waals surface area contributed by atoms with Crippen LogP contribution in [0.25, 0.3) is 0 Å². The van der Waals surface area contributed by atoms with Crippen molar-refractivity contribution in [1.29, 1.82) is 0 Å². The van der Waals surface area contributed by atoms with Gasteiger partial charge >= 0.3 is 5.97 Å². The fraction of sp³-hybridized carbons (Fsp3) is 0.444. The lowest BCUT2D eigenvalue weighted by atomic mass is 10.4. The summed E-state index contributed by atoms with van der Waals surface area (Å²) in [5, 5.41) is 2.51. The fourth-order valence-electron chi connectivity index (χ4n) is 0.994. The molecule has 0 aromatic carbocycles. The zero-order chi connectivity index (χ0) is 12.0. The molecule has 0 spiro atoms. The average Bonchev–Trinajstić information content (AvgIpc) is 2.65. The molecule has 88 valence electrons. The number of esters is 1. The molecule has 16 heavy (non-hydrogen) atoms. The maximum absolute atomic E-state index is 11.4. The molecular weight excluding hydrogens is 232 g/mol. The average molecular weight is 244 g/mol. The molecule has 7 heteroatoms. The van der Waals surface area contributed by atoms with Crippen LogP contribution < -0.4 is 10.9 Å². The van der Waals surface area contributed by atoms with E-state index in [0.29, 0.717) is 11.5 Å². The van der Waals surface area contributed by atoms with Crippen LogP contribution in [0.5, 0.6) is 0 Å². The summed E-state index contributed by atoms with van der Waals surface area (Å²) >= 11 is 0.961.